The van der Waals surface area contributed by atoms with Gasteiger partial charge >= 0.3 is 6.03 Å². The average molecular weight is 259 g/mol. The van der Waals surface area contributed by atoms with Gasteiger partial charge < -0.3 is 4.74 Å². The van der Waals surface area contributed by atoms with Crippen molar-refractivity contribution in [2.24, 2.45) is 10.2 Å². The fraction of sp³-hybridized carbons (Fsp3) is 0.571. The highest BCUT2D eigenvalue weighted by atomic mass is 16.8. The van der Waals surface area contributed by atoms with Gasteiger partial charge in [-0.2, -0.15) is 5.11 Å². The van der Waals surface area contributed by atoms with Crippen molar-refractivity contribution in [3.63, 3.8) is 0 Å². The second kappa shape index (κ2) is 3.42. The second-order valence-corrected chi connectivity index (χ2v) is 5.91. The quantitative estimate of drug-likeness (QED) is 0.719. The van der Waals surface area contributed by atoms with Gasteiger partial charge in [-0.05, 0) is 32.0 Å². The highest BCUT2D eigenvalue weighted by Gasteiger charge is 2.60. The topological polar surface area (TPSA) is 46.4 Å². The molecule has 5 nitrogen and oxygen atoms in total. The van der Waals surface area contributed by atoms with Gasteiger partial charge in [0.15, 0.2) is 5.72 Å². The third-order valence-corrected chi connectivity index (χ3v) is 4.11. The monoisotopic (exact) mass is 259 g/mol. The Kier molecular flexibility index (Phi) is 2.07. The van der Waals surface area contributed by atoms with Crippen LogP contribution in [0.1, 0.15) is 31.0 Å². The molecule has 0 bridgehead atoms. The highest BCUT2D eigenvalue weighted by molar-refractivity contribution is 5.37. The number of ether oxygens (including phenoxy) is 2. The maximum Gasteiger partial charge on any atom is 0.358 e. The normalized spacial score (nSPS) is 38.9. The number of azo groups is 1. The first kappa shape index (κ1) is 11.5. The molecule has 2 heterocycles. The SMILES string of the molecule is CN1[C@@H]2c3ccccc3C[C@@H]2OC12N=NC(C)(C)O2. The first-order valence-corrected chi connectivity index (χ1v) is 6.64. The molecule has 100 valence electrons. The van der Waals surface area contributed by atoms with Gasteiger partial charge in [-0.25, -0.2) is 4.90 Å². The van der Waals surface area contributed by atoms with Gasteiger partial charge in [0.2, 0.25) is 0 Å². The van der Waals surface area contributed by atoms with Crippen LogP contribution < -0.4 is 0 Å². The Morgan fingerprint density at radius 1 is 1.26 bits per heavy atom. The summed E-state index contributed by atoms with van der Waals surface area (Å²) < 4.78 is 12.0. The van der Waals surface area contributed by atoms with Gasteiger partial charge in [0.25, 0.3) is 0 Å². The molecule has 1 unspecified atom stereocenters. The molecule has 1 fully saturated rings. The zero-order valence-corrected chi connectivity index (χ0v) is 11.3. The van der Waals surface area contributed by atoms with Crippen molar-refractivity contribution < 1.29 is 9.47 Å². The summed E-state index contributed by atoms with van der Waals surface area (Å²) in [5, 5.41) is 8.44. The van der Waals surface area contributed by atoms with E-state index in [4.69, 9.17) is 9.47 Å². The smallest absolute Gasteiger partial charge is 0.311 e. The van der Waals surface area contributed by atoms with Crippen LogP contribution in [0.5, 0.6) is 0 Å². The molecule has 3 atom stereocenters. The van der Waals surface area contributed by atoms with Crippen molar-refractivity contribution in [2.75, 3.05) is 7.05 Å². The number of hydrogen-bond acceptors (Lipinski definition) is 5. The summed E-state index contributed by atoms with van der Waals surface area (Å²) in [5.41, 5.74) is 2.05. The lowest BCUT2D eigenvalue weighted by Crippen LogP contribution is -2.45. The standard InChI is InChI=1S/C14H17N3O2/c1-13(2)15-16-14(19-13)17(3)12-10-7-5-4-6-9(10)8-11(12)18-14/h4-7,11-12H,8H2,1-3H3/t11-,12+,14?/m0/s1. The molecule has 1 saturated heterocycles. The van der Waals surface area contributed by atoms with E-state index in [1.165, 1.54) is 11.1 Å². The molecule has 0 N–H and O–H groups in total. The molecule has 4 rings (SSSR count). The van der Waals surface area contributed by atoms with Crippen LogP contribution >= 0.6 is 0 Å². The Morgan fingerprint density at radius 3 is 2.79 bits per heavy atom. The van der Waals surface area contributed by atoms with E-state index in [1.807, 2.05) is 20.9 Å². The number of benzene rings is 1. The van der Waals surface area contributed by atoms with Crippen molar-refractivity contribution in [1.29, 1.82) is 0 Å². The molecular formula is C14H17N3O2. The Hall–Kier alpha value is -1.30. The van der Waals surface area contributed by atoms with Crippen molar-refractivity contribution in [3.8, 4) is 0 Å². The van der Waals surface area contributed by atoms with Crippen LogP contribution in [0.25, 0.3) is 0 Å². The zero-order valence-electron chi connectivity index (χ0n) is 11.3. The summed E-state index contributed by atoms with van der Waals surface area (Å²) in [6, 6.07) is 7.64. The van der Waals surface area contributed by atoms with E-state index >= 15 is 0 Å². The fourth-order valence-electron chi connectivity index (χ4n) is 3.30. The van der Waals surface area contributed by atoms with Crippen LogP contribution in [0.4, 0.5) is 0 Å². The van der Waals surface area contributed by atoms with Gasteiger partial charge in [-0.15, -0.1) is 5.11 Å². The number of rotatable bonds is 0. The van der Waals surface area contributed by atoms with E-state index in [9.17, 15) is 0 Å². The summed E-state index contributed by atoms with van der Waals surface area (Å²) >= 11 is 0. The molecule has 0 amide bonds. The first-order chi connectivity index (χ1) is 9.01. The number of likely N-dealkylation sites (N-methyl/N-ethyl adjacent to an activating group) is 1. The Labute approximate surface area is 112 Å². The summed E-state index contributed by atoms with van der Waals surface area (Å²) in [6.45, 7) is 3.79. The van der Waals surface area contributed by atoms with Gasteiger partial charge in [-0.1, -0.05) is 24.3 Å². The number of hydrogen-bond donors (Lipinski definition) is 0. The van der Waals surface area contributed by atoms with Crippen LogP contribution in [-0.2, 0) is 15.9 Å². The van der Waals surface area contributed by atoms with Crippen LogP contribution in [-0.4, -0.2) is 29.8 Å². The van der Waals surface area contributed by atoms with Gasteiger partial charge in [0, 0.05) is 6.42 Å². The van der Waals surface area contributed by atoms with Crippen LogP contribution in [0.2, 0.25) is 0 Å². The van der Waals surface area contributed by atoms with Gasteiger partial charge in [-0.3, -0.25) is 4.74 Å². The maximum absolute atomic E-state index is 6.11. The second-order valence-electron chi connectivity index (χ2n) is 5.91. The zero-order chi connectivity index (χ0) is 13.3. The highest BCUT2D eigenvalue weighted by Crippen LogP contribution is 2.51. The van der Waals surface area contributed by atoms with E-state index in [-0.39, 0.29) is 12.1 Å². The van der Waals surface area contributed by atoms with Crippen molar-refractivity contribution in [3.05, 3.63) is 35.4 Å². The molecule has 0 aromatic heterocycles. The Balaban J connectivity index is 1.73. The predicted octanol–water partition coefficient (Wildman–Crippen LogP) is 2.44. The summed E-state index contributed by atoms with van der Waals surface area (Å²) in [5.74, 6) is 0. The summed E-state index contributed by atoms with van der Waals surface area (Å²) in [4.78, 5) is 2.06. The van der Waals surface area contributed by atoms with E-state index in [1.54, 1.807) is 0 Å². The predicted molar refractivity (Wildman–Crippen MR) is 68.3 cm³/mol. The molecule has 1 aromatic rings. The van der Waals surface area contributed by atoms with E-state index in [0.717, 1.165) is 6.42 Å². The third kappa shape index (κ3) is 1.46. The molecule has 0 saturated carbocycles. The largest absolute Gasteiger partial charge is 0.358 e. The molecule has 0 radical (unpaired) electrons. The van der Waals surface area contributed by atoms with E-state index in [2.05, 4.69) is 39.4 Å². The lowest BCUT2D eigenvalue weighted by Gasteiger charge is -2.30. The first-order valence-electron chi connectivity index (χ1n) is 6.64. The molecule has 5 heteroatoms. The molecular weight excluding hydrogens is 242 g/mol. The summed E-state index contributed by atoms with van der Waals surface area (Å²) in [6.07, 6.45) is 1.00. The molecule has 1 spiro atoms. The molecule has 1 aromatic carbocycles. The third-order valence-electron chi connectivity index (χ3n) is 4.11. The van der Waals surface area contributed by atoms with Crippen LogP contribution in [0.15, 0.2) is 34.5 Å². The molecule has 3 aliphatic rings. The number of fused-ring (bicyclic) bond motifs is 3. The number of nitrogens with zero attached hydrogens (tertiary/aromatic N) is 3. The van der Waals surface area contributed by atoms with E-state index in [0.29, 0.717) is 0 Å². The maximum atomic E-state index is 6.11. The van der Waals surface area contributed by atoms with Crippen LogP contribution in [0, 0.1) is 0 Å². The molecule has 19 heavy (non-hydrogen) atoms. The van der Waals surface area contributed by atoms with Crippen LogP contribution in [0.3, 0.4) is 0 Å². The minimum absolute atomic E-state index is 0.0928. The lowest BCUT2D eigenvalue weighted by atomic mass is 10.1. The minimum atomic E-state index is -1.04. The van der Waals surface area contributed by atoms with Crippen molar-refractivity contribution in [1.82, 2.24) is 4.90 Å². The Bertz CT molecular complexity index is 572. The van der Waals surface area contributed by atoms with Gasteiger partial charge in [0.1, 0.15) is 0 Å². The van der Waals surface area contributed by atoms with Gasteiger partial charge in [0.05, 0.1) is 12.1 Å². The molecule has 1 aliphatic carbocycles. The summed E-state index contributed by atoms with van der Waals surface area (Å²) in [7, 11) is 1.99. The van der Waals surface area contributed by atoms with Crippen molar-refractivity contribution >= 4 is 0 Å². The van der Waals surface area contributed by atoms with Crippen molar-refractivity contribution in [2.45, 2.75) is 44.2 Å². The lowest BCUT2D eigenvalue weighted by molar-refractivity contribution is -0.292. The average Bonchev–Trinajstić information content (AvgIpc) is 2.94. The minimum Gasteiger partial charge on any atom is -0.311 e. The fourth-order valence-corrected chi connectivity index (χ4v) is 3.30. The Morgan fingerprint density at radius 2 is 2.05 bits per heavy atom. The van der Waals surface area contributed by atoms with E-state index < -0.39 is 11.8 Å². The molecule has 2 aliphatic heterocycles.